The van der Waals surface area contributed by atoms with Gasteiger partial charge >= 0.3 is 0 Å². The van der Waals surface area contributed by atoms with Gasteiger partial charge in [0.25, 0.3) is 0 Å². The lowest BCUT2D eigenvalue weighted by molar-refractivity contribution is 0.302. The predicted octanol–water partition coefficient (Wildman–Crippen LogP) is 4.93. The summed E-state index contributed by atoms with van der Waals surface area (Å²) in [6.07, 6.45) is 2.56. The van der Waals surface area contributed by atoms with Crippen molar-refractivity contribution in [2.24, 2.45) is 0 Å². The molecule has 0 unspecified atom stereocenters. The number of benzene rings is 2. The van der Waals surface area contributed by atoms with Gasteiger partial charge in [-0.15, -0.1) is 0 Å². The van der Waals surface area contributed by atoms with Crippen molar-refractivity contribution in [1.29, 1.82) is 0 Å². The van der Waals surface area contributed by atoms with Gasteiger partial charge in [-0.05, 0) is 37.1 Å². The quantitative estimate of drug-likeness (QED) is 0.782. The summed E-state index contributed by atoms with van der Waals surface area (Å²) in [5.74, 6) is 0.909. The van der Waals surface area contributed by atoms with Gasteiger partial charge in [-0.1, -0.05) is 45.7 Å². The zero-order chi connectivity index (χ0) is 14.7. The van der Waals surface area contributed by atoms with Crippen LogP contribution in [0.4, 0.5) is 0 Å². The molecular formula is C17H17BrClNO. The molecule has 0 bridgehead atoms. The Bertz CT molecular complexity index is 628. The summed E-state index contributed by atoms with van der Waals surface area (Å²) >= 11 is 9.69. The van der Waals surface area contributed by atoms with Gasteiger partial charge < -0.3 is 10.1 Å². The number of hydrogen-bond donors (Lipinski definition) is 1. The van der Waals surface area contributed by atoms with Crippen LogP contribution in [0.2, 0.25) is 5.02 Å². The maximum absolute atomic E-state index is 6.17. The van der Waals surface area contributed by atoms with Crippen LogP contribution < -0.4 is 10.1 Å². The van der Waals surface area contributed by atoms with Gasteiger partial charge in [0.15, 0.2) is 0 Å². The Hall–Kier alpha value is -1.03. The van der Waals surface area contributed by atoms with Gasteiger partial charge in [0.1, 0.15) is 12.4 Å². The van der Waals surface area contributed by atoms with Crippen LogP contribution >= 0.6 is 27.5 Å². The minimum atomic E-state index is 0.484. The van der Waals surface area contributed by atoms with Gasteiger partial charge in [0.2, 0.25) is 0 Å². The summed E-state index contributed by atoms with van der Waals surface area (Å²) in [7, 11) is 0. The number of hydrogen-bond acceptors (Lipinski definition) is 2. The van der Waals surface area contributed by atoms with E-state index in [1.54, 1.807) is 0 Å². The lowest BCUT2D eigenvalue weighted by atomic mass is 10.2. The first-order valence-corrected chi connectivity index (χ1v) is 8.27. The summed E-state index contributed by atoms with van der Waals surface area (Å²) in [4.78, 5) is 0. The second-order valence-electron chi connectivity index (χ2n) is 5.29. The topological polar surface area (TPSA) is 21.3 Å². The lowest BCUT2D eigenvalue weighted by Gasteiger charge is -2.13. The van der Waals surface area contributed by atoms with Crippen molar-refractivity contribution in [3.8, 4) is 5.75 Å². The van der Waals surface area contributed by atoms with Crippen LogP contribution in [-0.4, -0.2) is 6.04 Å². The van der Waals surface area contributed by atoms with Crippen molar-refractivity contribution in [2.75, 3.05) is 0 Å². The third-order valence-electron chi connectivity index (χ3n) is 3.52. The zero-order valence-electron chi connectivity index (χ0n) is 11.6. The maximum Gasteiger partial charge on any atom is 0.124 e. The molecule has 1 saturated carbocycles. The highest BCUT2D eigenvalue weighted by Crippen LogP contribution is 2.27. The molecule has 0 atom stereocenters. The molecule has 3 rings (SSSR count). The second kappa shape index (κ2) is 6.82. The number of halogens is 2. The molecule has 0 amide bonds. The molecule has 2 aromatic carbocycles. The third kappa shape index (κ3) is 4.22. The van der Waals surface area contributed by atoms with E-state index < -0.39 is 0 Å². The first-order valence-electron chi connectivity index (χ1n) is 7.10. The Balaban J connectivity index is 1.70. The highest BCUT2D eigenvalue weighted by atomic mass is 79.9. The summed E-state index contributed by atoms with van der Waals surface area (Å²) < 4.78 is 7.04. The van der Waals surface area contributed by atoms with Crippen LogP contribution in [-0.2, 0) is 13.2 Å². The van der Waals surface area contributed by atoms with E-state index in [2.05, 4.69) is 27.3 Å². The minimum absolute atomic E-state index is 0.484. The van der Waals surface area contributed by atoms with Crippen LogP contribution in [0.5, 0.6) is 5.75 Å². The van der Waals surface area contributed by atoms with Crippen molar-refractivity contribution in [1.82, 2.24) is 5.32 Å². The van der Waals surface area contributed by atoms with Crippen molar-refractivity contribution in [2.45, 2.75) is 32.0 Å². The van der Waals surface area contributed by atoms with E-state index in [0.717, 1.165) is 27.4 Å². The smallest absolute Gasteiger partial charge is 0.124 e. The maximum atomic E-state index is 6.17. The molecule has 0 radical (unpaired) electrons. The fraction of sp³-hybridized carbons (Fsp3) is 0.294. The molecule has 4 heteroatoms. The SMILES string of the molecule is Clc1ccccc1COc1ccc(Br)cc1CNC1CC1. The standard InChI is InChI=1S/C17H17BrClNO/c18-14-5-8-17(13(9-14)10-20-15-6-7-15)21-11-12-3-1-2-4-16(12)19/h1-5,8-9,15,20H,6-7,10-11H2. The molecule has 1 fully saturated rings. The van der Waals surface area contributed by atoms with Crippen molar-refractivity contribution >= 4 is 27.5 Å². The van der Waals surface area contributed by atoms with Crippen LogP contribution in [0.1, 0.15) is 24.0 Å². The largest absolute Gasteiger partial charge is 0.489 e. The van der Waals surface area contributed by atoms with E-state index in [9.17, 15) is 0 Å². The fourth-order valence-corrected chi connectivity index (χ4v) is 2.74. The Kier molecular flexibility index (Phi) is 4.84. The van der Waals surface area contributed by atoms with Gasteiger partial charge in [0, 0.05) is 33.2 Å². The van der Waals surface area contributed by atoms with Crippen LogP contribution in [0.15, 0.2) is 46.9 Å². The fourth-order valence-electron chi connectivity index (χ4n) is 2.14. The summed E-state index contributed by atoms with van der Waals surface area (Å²) in [5, 5.41) is 4.27. The van der Waals surface area contributed by atoms with Gasteiger partial charge in [0.05, 0.1) is 0 Å². The first-order chi connectivity index (χ1) is 10.2. The van der Waals surface area contributed by atoms with E-state index in [1.165, 1.54) is 18.4 Å². The zero-order valence-corrected chi connectivity index (χ0v) is 14.0. The molecule has 1 aliphatic rings. The molecule has 21 heavy (non-hydrogen) atoms. The van der Waals surface area contributed by atoms with Crippen LogP contribution in [0.3, 0.4) is 0 Å². The molecule has 1 aliphatic carbocycles. The number of ether oxygens (including phenoxy) is 1. The molecule has 0 aliphatic heterocycles. The van der Waals surface area contributed by atoms with E-state index in [1.807, 2.05) is 36.4 Å². The number of rotatable bonds is 6. The number of nitrogens with one attached hydrogen (secondary N) is 1. The van der Waals surface area contributed by atoms with Gasteiger partial charge in [-0.2, -0.15) is 0 Å². The molecule has 2 aromatic rings. The first kappa shape index (κ1) is 14.9. The Morgan fingerprint density at radius 3 is 2.71 bits per heavy atom. The van der Waals surface area contributed by atoms with Gasteiger partial charge in [-0.25, -0.2) is 0 Å². The van der Waals surface area contributed by atoms with E-state index >= 15 is 0 Å². The summed E-state index contributed by atoms with van der Waals surface area (Å²) in [6.45, 7) is 1.32. The lowest BCUT2D eigenvalue weighted by Crippen LogP contribution is -2.16. The molecule has 0 saturated heterocycles. The van der Waals surface area contributed by atoms with Crippen LogP contribution in [0, 0.1) is 0 Å². The summed E-state index contributed by atoms with van der Waals surface area (Å²) in [6, 6.07) is 14.6. The Morgan fingerprint density at radius 1 is 1.14 bits per heavy atom. The van der Waals surface area contributed by atoms with E-state index in [4.69, 9.17) is 16.3 Å². The average molecular weight is 367 g/mol. The molecule has 2 nitrogen and oxygen atoms in total. The molecule has 0 aromatic heterocycles. The van der Waals surface area contributed by atoms with Crippen molar-refractivity contribution in [3.05, 3.63) is 63.1 Å². The molecule has 110 valence electrons. The normalized spacial score (nSPS) is 14.2. The highest BCUT2D eigenvalue weighted by molar-refractivity contribution is 9.10. The highest BCUT2D eigenvalue weighted by Gasteiger charge is 2.20. The van der Waals surface area contributed by atoms with Crippen LogP contribution in [0.25, 0.3) is 0 Å². The third-order valence-corrected chi connectivity index (χ3v) is 4.38. The average Bonchev–Trinajstić information content (AvgIpc) is 3.30. The minimum Gasteiger partial charge on any atom is -0.489 e. The monoisotopic (exact) mass is 365 g/mol. The van der Waals surface area contributed by atoms with E-state index in [0.29, 0.717) is 12.6 Å². The predicted molar refractivity (Wildman–Crippen MR) is 89.8 cm³/mol. The molecule has 1 N–H and O–H groups in total. The van der Waals surface area contributed by atoms with E-state index in [-0.39, 0.29) is 0 Å². The molecule has 0 spiro atoms. The molecular weight excluding hydrogens is 350 g/mol. The molecule has 0 heterocycles. The Labute approximate surface area is 138 Å². The van der Waals surface area contributed by atoms with Crippen molar-refractivity contribution < 1.29 is 4.74 Å². The van der Waals surface area contributed by atoms with Gasteiger partial charge in [-0.3, -0.25) is 0 Å². The second-order valence-corrected chi connectivity index (χ2v) is 6.61. The summed E-state index contributed by atoms with van der Waals surface area (Å²) in [5.41, 5.74) is 2.17. The van der Waals surface area contributed by atoms with Crippen molar-refractivity contribution in [3.63, 3.8) is 0 Å². The Morgan fingerprint density at radius 2 is 1.95 bits per heavy atom.